The van der Waals surface area contributed by atoms with E-state index in [1.165, 1.54) is 14.1 Å². The zero-order chi connectivity index (χ0) is 34.9. The summed E-state index contributed by atoms with van der Waals surface area (Å²) in [6.07, 6.45) is 0. The maximum atomic E-state index is 11.0. The first-order valence-electron chi connectivity index (χ1n) is 15.4. The molecule has 7 aromatic rings. The van der Waals surface area contributed by atoms with Crippen LogP contribution in [0, 0.1) is 6.92 Å². The second-order valence-electron chi connectivity index (χ2n) is 11.4. The van der Waals surface area contributed by atoms with Crippen LogP contribution in [0.15, 0.2) is 132 Å². The lowest BCUT2D eigenvalue weighted by Crippen LogP contribution is -1.99. The lowest BCUT2D eigenvalue weighted by molar-refractivity contribution is 0.469. The van der Waals surface area contributed by atoms with Gasteiger partial charge in [-0.1, -0.05) is 48.5 Å². The van der Waals surface area contributed by atoms with Crippen LogP contribution in [0.5, 0.6) is 11.5 Å². The number of rotatable bonds is 7. The van der Waals surface area contributed by atoms with Gasteiger partial charge in [0, 0.05) is 36.5 Å². The second kappa shape index (κ2) is 12.9. The molecule has 12 nitrogen and oxygen atoms in total. The maximum absolute atomic E-state index is 11.0. The highest BCUT2D eigenvalue weighted by atomic mass is 16.3. The summed E-state index contributed by atoms with van der Waals surface area (Å²) < 4.78 is 6.11. The number of nitrogens with zero attached hydrogens (tertiary/aromatic N) is 7. The van der Waals surface area contributed by atoms with Crippen LogP contribution in [0.4, 0.5) is 22.7 Å². The van der Waals surface area contributed by atoms with E-state index in [9.17, 15) is 20.4 Å². The summed E-state index contributed by atoms with van der Waals surface area (Å²) in [4.78, 5) is 12.2. The van der Waals surface area contributed by atoms with Crippen molar-refractivity contribution in [1.29, 1.82) is 0 Å². The van der Waals surface area contributed by atoms with Gasteiger partial charge in [0.05, 0.1) is 22.5 Å². The van der Waals surface area contributed by atoms with E-state index >= 15 is 0 Å². The minimum Gasteiger partial charge on any atom is -0.505 e. The molecular formula is C38H29N7O5. The number of aliphatic imine (C=N–C) groups is 2. The lowest BCUT2D eigenvalue weighted by Gasteiger charge is -2.09. The van der Waals surface area contributed by atoms with Crippen molar-refractivity contribution in [2.24, 2.45) is 30.4 Å². The first-order valence-corrected chi connectivity index (χ1v) is 15.4. The van der Waals surface area contributed by atoms with Gasteiger partial charge in [0.25, 0.3) is 0 Å². The van der Waals surface area contributed by atoms with E-state index in [4.69, 9.17) is 4.42 Å². The standard InChI is InChI=1S/C38H29N7O5/c1-20-16-23(12-14-29(20)43-45-33-26-11-7-5-9-22(26)18-28(35(33)47)37(49)40-3)38-41-30-15-13-24(19-31(30)50-38)42-44-32-25-10-6-4-8-21(25)17-27(34(32)46)36(48)39-2/h4-19,46-47H,1-3H3,(H,39,48)(H,40,49). The van der Waals surface area contributed by atoms with Gasteiger partial charge in [-0.25, -0.2) is 4.98 Å². The Kier molecular flexibility index (Phi) is 8.18. The first kappa shape index (κ1) is 31.6. The third kappa shape index (κ3) is 5.75. The molecule has 0 spiro atoms. The number of phenolic OH excluding ortho intramolecular Hbond substituents is 2. The van der Waals surface area contributed by atoms with Crippen molar-refractivity contribution in [3.63, 3.8) is 0 Å². The van der Waals surface area contributed by atoms with E-state index in [2.05, 4.69) is 35.4 Å². The van der Waals surface area contributed by atoms with Crippen molar-refractivity contribution in [3.8, 4) is 23.0 Å². The summed E-state index contributed by atoms with van der Waals surface area (Å²) in [6, 6.07) is 28.7. The van der Waals surface area contributed by atoms with E-state index in [0.29, 0.717) is 44.7 Å². The number of phenols is 2. The Morgan fingerprint density at radius 3 is 1.80 bits per heavy atom. The summed E-state index contributed by atoms with van der Waals surface area (Å²) in [5, 5.41) is 62.8. The molecule has 0 amide bonds. The fraction of sp³-hybridized carbons (Fsp3) is 0.0789. The van der Waals surface area contributed by atoms with Crippen LogP contribution in [-0.2, 0) is 0 Å². The molecule has 0 atom stereocenters. The number of hydrogen-bond donors (Lipinski definition) is 4. The smallest absolute Gasteiger partial charge is 0.227 e. The van der Waals surface area contributed by atoms with Gasteiger partial charge in [-0.3, -0.25) is 9.98 Å². The van der Waals surface area contributed by atoms with Gasteiger partial charge in [0.2, 0.25) is 17.7 Å². The van der Waals surface area contributed by atoms with E-state index in [-0.39, 0.29) is 45.8 Å². The number of aryl methyl sites for hydroxylation is 1. The number of aliphatic hydroxyl groups excluding tert-OH is 2. The lowest BCUT2D eigenvalue weighted by atomic mass is 10.0. The number of aromatic hydroxyl groups is 2. The molecule has 1 aromatic heterocycles. The molecule has 0 saturated heterocycles. The number of fused-ring (bicyclic) bond motifs is 3. The van der Waals surface area contributed by atoms with Crippen LogP contribution in [0.3, 0.4) is 0 Å². The number of oxazole rings is 1. The molecule has 0 unspecified atom stereocenters. The van der Waals surface area contributed by atoms with Crippen molar-refractivity contribution in [1.82, 2.24) is 4.98 Å². The van der Waals surface area contributed by atoms with Gasteiger partial charge < -0.3 is 24.8 Å². The Hall–Kier alpha value is -6.95. The summed E-state index contributed by atoms with van der Waals surface area (Å²) in [5.74, 6) is -0.689. The molecule has 0 aliphatic heterocycles. The van der Waals surface area contributed by atoms with Gasteiger partial charge in [-0.15, -0.1) is 10.2 Å². The summed E-state index contributed by atoms with van der Waals surface area (Å²) in [6.45, 7) is 1.88. The third-order valence-corrected chi connectivity index (χ3v) is 8.23. The molecule has 0 fully saturated rings. The highest BCUT2D eigenvalue weighted by Gasteiger charge is 2.18. The number of benzene rings is 6. The topological polar surface area (TPSA) is 181 Å². The van der Waals surface area contributed by atoms with Crippen molar-refractivity contribution in [2.45, 2.75) is 6.92 Å². The molecular weight excluding hydrogens is 634 g/mol. The molecule has 0 aliphatic rings. The maximum Gasteiger partial charge on any atom is 0.227 e. The van der Waals surface area contributed by atoms with Crippen molar-refractivity contribution in [3.05, 3.63) is 114 Å². The number of aliphatic hydroxyl groups is 2. The molecule has 246 valence electrons. The molecule has 12 heteroatoms. The molecule has 6 aromatic carbocycles. The van der Waals surface area contributed by atoms with Crippen LogP contribution in [-0.4, -0.2) is 51.3 Å². The Morgan fingerprint density at radius 1 is 0.640 bits per heavy atom. The first-order chi connectivity index (χ1) is 24.2. The minimum atomic E-state index is -0.312. The fourth-order valence-electron chi connectivity index (χ4n) is 5.63. The third-order valence-electron chi connectivity index (χ3n) is 8.23. The van der Waals surface area contributed by atoms with Gasteiger partial charge in [0.15, 0.2) is 17.1 Å². The van der Waals surface area contributed by atoms with Crippen LogP contribution >= 0.6 is 0 Å². The molecule has 0 saturated carbocycles. The van der Waals surface area contributed by atoms with E-state index in [1.807, 2.05) is 67.6 Å². The largest absolute Gasteiger partial charge is 0.505 e. The number of aromatic nitrogens is 1. The summed E-state index contributed by atoms with van der Waals surface area (Å²) >= 11 is 0. The summed E-state index contributed by atoms with van der Waals surface area (Å²) in [7, 11) is 2.86. The van der Waals surface area contributed by atoms with Gasteiger partial charge >= 0.3 is 0 Å². The van der Waals surface area contributed by atoms with Crippen LogP contribution in [0.2, 0.25) is 0 Å². The molecule has 50 heavy (non-hydrogen) atoms. The molecule has 0 bridgehead atoms. The Balaban J connectivity index is 1.18. The predicted octanol–water partition coefficient (Wildman–Crippen LogP) is 10.2. The van der Waals surface area contributed by atoms with Crippen LogP contribution < -0.4 is 0 Å². The monoisotopic (exact) mass is 663 g/mol. The Bertz CT molecular complexity index is 2590. The van der Waals surface area contributed by atoms with Crippen molar-refractivity contribution in [2.75, 3.05) is 14.1 Å². The van der Waals surface area contributed by atoms with Gasteiger partial charge in [-0.2, -0.15) is 10.2 Å². The average molecular weight is 664 g/mol. The predicted molar refractivity (Wildman–Crippen MR) is 194 cm³/mol. The molecule has 1 heterocycles. The number of azo groups is 2. The fourth-order valence-corrected chi connectivity index (χ4v) is 5.63. The van der Waals surface area contributed by atoms with E-state index < -0.39 is 0 Å². The van der Waals surface area contributed by atoms with Gasteiger partial charge in [0.1, 0.15) is 16.9 Å². The molecule has 4 N–H and O–H groups in total. The number of hydrogen-bond acceptors (Lipinski definition) is 10. The van der Waals surface area contributed by atoms with Gasteiger partial charge in [-0.05, 0) is 65.7 Å². The Labute approximate surface area is 284 Å². The zero-order valence-corrected chi connectivity index (χ0v) is 27.1. The molecule has 0 radical (unpaired) electrons. The van der Waals surface area contributed by atoms with Crippen molar-refractivity contribution >= 4 is 67.2 Å². The van der Waals surface area contributed by atoms with E-state index in [0.717, 1.165) is 16.3 Å². The average Bonchev–Trinajstić information content (AvgIpc) is 3.57. The van der Waals surface area contributed by atoms with Crippen molar-refractivity contribution < 1.29 is 24.8 Å². The quantitative estimate of drug-likeness (QED) is 0.0747. The van der Waals surface area contributed by atoms with E-state index in [1.54, 1.807) is 36.4 Å². The molecule has 7 rings (SSSR count). The summed E-state index contributed by atoms with van der Waals surface area (Å²) in [5.41, 5.74) is 4.35. The second-order valence-corrected chi connectivity index (χ2v) is 11.4. The normalized spacial score (nSPS) is 12.7. The minimum absolute atomic E-state index is 0.154. The highest BCUT2D eigenvalue weighted by molar-refractivity contribution is 6.07. The SMILES string of the molecule is CN=C(O)c1cc2ccccc2c(N=Nc2ccc3nc(-c4ccc(N=Nc5c(O)c(C(O)=NC)cc6ccccc56)c(C)c4)oc3c2)c1O. The highest BCUT2D eigenvalue weighted by Crippen LogP contribution is 2.41. The Morgan fingerprint density at radius 2 is 1.22 bits per heavy atom. The zero-order valence-electron chi connectivity index (χ0n) is 27.1. The van der Waals surface area contributed by atoms with Crippen LogP contribution in [0.1, 0.15) is 16.7 Å². The molecule has 0 aliphatic carbocycles. The van der Waals surface area contributed by atoms with Crippen LogP contribution in [0.25, 0.3) is 44.1 Å².